The number of nitrogens with zero attached hydrogens (tertiary/aromatic N) is 6. The van der Waals surface area contributed by atoms with Gasteiger partial charge in [0.15, 0.2) is 17.0 Å². The molecule has 1 spiro atoms. The molecule has 1 saturated heterocycles. The topological polar surface area (TPSA) is 143 Å². The van der Waals surface area contributed by atoms with E-state index >= 15 is 0 Å². The predicted octanol–water partition coefficient (Wildman–Crippen LogP) is 5.41. The summed E-state index contributed by atoms with van der Waals surface area (Å²) in [5.74, 6) is 1.42. The average molecular weight is 595 g/mol. The van der Waals surface area contributed by atoms with Gasteiger partial charge in [-0.15, -0.1) is 0 Å². The van der Waals surface area contributed by atoms with Crippen molar-refractivity contribution in [3.63, 3.8) is 0 Å². The number of aromatic nitrogens is 5. The quantitative estimate of drug-likeness (QED) is 0.309. The van der Waals surface area contributed by atoms with Crippen LogP contribution in [0.15, 0.2) is 18.3 Å². The summed E-state index contributed by atoms with van der Waals surface area (Å²) in [6.45, 7) is 10.6. The van der Waals surface area contributed by atoms with Crippen LogP contribution >= 0.6 is 0 Å². The summed E-state index contributed by atoms with van der Waals surface area (Å²) in [4.78, 5) is 32.5. The van der Waals surface area contributed by atoms with E-state index < -0.39 is 5.60 Å². The molecular formula is C31H46N8O4. The van der Waals surface area contributed by atoms with Crippen molar-refractivity contribution in [2.75, 3.05) is 37.8 Å². The summed E-state index contributed by atoms with van der Waals surface area (Å²) in [6.07, 6.45) is 10.1. The van der Waals surface area contributed by atoms with E-state index in [0.717, 1.165) is 76.6 Å². The highest BCUT2D eigenvalue weighted by Crippen LogP contribution is 2.45. The molecule has 0 radical (unpaired) electrons. The number of nitrogens with two attached hydrogens (primary N) is 1. The smallest absolute Gasteiger partial charge is 0.410 e. The molecule has 0 unspecified atom stereocenters. The zero-order valence-electron chi connectivity index (χ0n) is 26.2. The molecule has 3 aromatic rings. The summed E-state index contributed by atoms with van der Waals surface area (Å²) >= 11 is 0. The van der Waals surface area contributed by atoms with Crippen LogP contribution < -0.4 is 20.5 Å². The first kappa shape index (κ1) is 30.6. The lowest BCUT2D eigenvalue weighted by Crippen LogP contribution is -2.46. The van der Waals surface area contributed by atoms with E-state index in [-0.39, 0.29) is 12.2 Å². The molecule has 1 saturated carbocycles. The van der Waals surface area contributed by atoms with Crippen molar-refractivity contribution < 1.29 is 19.0 Å². The van der Waals surface area contributed by atoms with Gasteiger partial charge in [-0.3, -0.25) is 4.57 Å². The van der Waals surface area contributed by atoms with Gasteiger partial charge in [-0.05, 0) is 76.7 Å². The third kappa shape index (κ3) is 7.40. The number of carbonyl (C=O) groups excluding carboxylic acids is 1. The molecule has 0 atom stereocenters. The second kappa shape index (κ2) is 12.8. The first-order valence-corrected chi connectivity index (χ1v) is 15.5. The molecule has 3 aromatic heterocycles. The lowest BCUT2D eigenvalue weighted by Gasteiger charge is -2.45. The van der Waals surface area contributed by atoms with Crippen LogP contribution in [0.25, 0.3) is 11.2 Å². The normalized spacial score (nSPS) is 17.3. The highest BCUT2D eigenvalue weighted by molar-refractivity contribution is 5.84. The van der Waals surface area contributed by atoms with Gasteiger partial charge in [0.1, 0.15) is 11.7 Å². The van der Waals surface area contributed by atoms with Crippen molar-refractivity contribution in [3.05, 3.63) is 23.9 Å². The van der Waals surface area contributed by atoms with Gasteiger partial charge in [-0.2, -0.15) is 15.0 Å². The first-order chi connectivity index (χ1) is 20.6. The molecule has 4 heterocycles. The SMILES string of the molecule is CCCCNc1nc(N)c2nc(OC)n(Cc3ccc(OC4CCC5(CC4)CCN(C(=O)OC(C)(C)C)CC5)nc3)c2n1. The molecule has 3 N–H and O–H groups in total. The van der Waals surface area contributed by atoms with Crippen molar-refractivity contribution in [3.8, 4) is 11.9 Å². The summed E-state index contributed by atoms with van der Waals surface area (Å²) < 4.78 is 19.3. The minimum atomic E-state index is -0.465. The van der Waals surface area contributed by atoms with Crippen LogP contribution in [0, 0.1) is 5.41 Å². The fourth-order valence-corrected chi connectivity index (χ4v) is 6.00. The summed E-state index contributed by atoms with van der Waals surface area (Å²) in [7, 11) is 1.58. The third-order valence-electron chi connectivity index (χ3n) is 8.48. The summed E-state index contributed by atoms with van der Waals surface area (Å²) in [5.41, 5.74) is 8.12. The number of carbonyl (C=O) groups is 1. The number of likely N-dealkylation sites (tertiary alicyclic amines) is 1. The van der Waals surface area contributed by atoms with E-state index in [9.17, 15) is 4.79 Å². The Kier molecular flexibility index (Phi) is 9.12. The van der Waals surface area contributed by atoms with Crippen molar-refractivity contribution in [1.82, 2.24) is 29.4 Å². The summed E-state index contributed by atoms with van der Waals surface area (Å²) in [5, 5.41) is 3.24. The molecule has 2 fully saturated rings. The van der Waals surface area contributed by atoms with Crippen LogP contribution in [-0.4, -0.2) is 73.9 Å². The van der Waals surface area contributed by atoms with E-state index in [4.69, 9.17) is 19.9 Å². The summed E-state index contributed by atoms with van der Waals surface area (Å²) in [6, 6.07) is 4.34. The predicted molar refractivity (Wildman–Crippen MR) is 165 cm³/mol. The average Bonchev–Trinajstić information content (AvgIpc) is 3.33. The number of unbranched alkanes of at least 4 members (excludes halogenated alkanes) is 1. The molecule has 1 aliphatic heterocycles. The van der Waals surface area contributed by atoms with Gasteiger partial charge in [-0.25, -0.2) is 9.78 Å². The number of fused-ring (bicyclic) bond motifs is 1. The molecule has 1 amide bonds. The van der Waals surface area contributed by atoms with Crippen LogP contribution in [0.4, 0.5) is 16.6 Å². The first-order valence-electron chi connectivity index (χ1n) is 15.5. The second-order valence-electron chi connectivity index (χ2n) is 12.9. The van der Waals surface area contributed by atoms with Crippen LogP contribution in [0.3, 0.4) is 0 Å². The number of methoxy groups -OCH3 is 1. The number of imidazole rings is 1. The highest BCUT2D eigenvalue weighted by Gasteiger charge is 2.40. The van der Waals surface area contributed by atoms with Crippen molar-refractivity contribution in [1.29, 1.82) is 0 Å². The van der Waals surface area contributed by atoms with Crippen molar-refractivity contribution >= 4 is 29.0 Å². The van der Waals surface area contributed by atoms with Gasteiger partial charge in [0, 0.05) is 31.9 Å². The number of anilines is 2. The molecular weight excluding hydrogens is 548 g/mol. The fraction of sp³-hybridized carbons (Fsp3) is 0.645. The molecule has 43 heavy (non-hydrogen) atoms. The molecule has 12 heteroatoms. The maximum Gasteiger partial charge on any atom is 0.410 e. The molecule has 12 nitrogen and oxygen atoms in total. The van der Waals surface area contributed by atoms with E-state index in [2.05, 4.69) is 32.2 Å². The van der Waals surface area contributed by atoms with Gasteiger partial charge >= 0.3 is 6.09 Å². The molecule has 2 aliphatic rings. The van der Waals surface area contributed by atoms with Crippen molar-refractivity contribution in [2.24, 2.45) is 5.41 Å². The van der Waals surface area contributed by atoms with Crippen molar-refractivity contribution in [2.45, 2.75) is 97.3 Å². The van der Waals surface area contributed by atoms with Gasteiger partial charge in [0.05, 0.1) is 13.7 Å². The van der Waals surface area contributed by atoms with Gasteiger partial charge in [-0.1, -0.05) is 19.4 Å². The minimum absolute atomic E-state index is 0.142. The molecule has 5 rings (SSSR count). The number of piperidine rings is 1. The largest absolute Gasteiger partial charge is 0.474 e. The molecule has 0 bridgehead atoms. The van der Waals surface area contributed by atoms with Gasteiger partial charge in [0.25, 0.3) is 6.01 Å². The van der Waals surface area contributed by atoms with E-state index in [1.807, 2.05) is 48.6 Å². The zero-order valence-corrected chi connectivity index (χ0v) is 26.2. The highest BCUT2D eigenvalue weighted by atomic mass is 16.6. The van der Waals surface area contributed by atoms with Crippen LogP contribution in [0.2, 0.25) is 0 Å². The Morgan fingerprint density at radius 3 is 2.49 bits per heavy atom. The number of nitrogens with one attached hydrogen (secondary N) is 1. The molecule has 0 aromatic carbocycles. The number of pyridine rings is 1. The zero-order chi connectivity index (χ0) is 30.6. The van der Waals surface area contributed by atoms with E-state index in [0.29, 0.717) is 46.8 Å². The molecule has 1 aliphatic carbocycles. The Morgan fingerprint density at radius 1 is 1.12 bits per heavy atom. The van der Waals surface area contributed by atoms with Crippen LogP contribution in [0.1, 0.15) is 84.6 Å². The number of nitrogen functional groups attached to an aromatic ring is 1. The molecule has 234 valence electrons. The lowest BCUT2D eigenvalue weighted by atomic mass is 9.67. The Bertz CT molecular complexity index is 1380. The number of amides is 1. The fourth-order valence-electron chi connectivity index (χ4n) is 6.00. The minimum Gasteiger partial charge on any atom is -0.474 e. The Labute approximate surface area is 253 Å². The maximum atomic E-state index is 12.5. The third-order valence-corrected chi connectivity index (χ3v) is 8.48. The standard InChI is InChI=1S/C31H46N8O4/c1-6-7-16-33-27-36-25(32)24-26(37-27)39(28(35-24)41-5)20-21-8-9-23(34-19-21)42-22-10-12-31(13-11-22)14-17-38(18-15-31)29(40)43-30(2,3)4/h8-9,19,22H,6-7,10-18,20H2,1-5H3,(H3,32,33,36,37). The van der Waals surface area contributed by atoms with E-state index in [1.165, 1.54) is 0 Å². The number of ether oxygens (including phenoxy) is 3. The van der Waals surface area contributed by atoms with Gasteiger partial charge < -0.3 is 30.2 Å². The number of hydrogen-bond acceptors (Lipinski definition) is 10. The maximum absolute atomic E-state index is 12.5. The monoisotopic (exact) mass is 594 g/mol. The van der Waals surface area contributed by atoms with Gasteiger partial charge in [0.2, 0.25) is 11.8 Å². The Hall–Kier alpha value is -3.83. The van der Waals surface area contributed by atoms with Crippen LogP contribution in [-0.2, 0) is 11.3 Å². The second-order valence-corrected chi connectivity index (χ2v) is 12.9. The van der Waals surface area contributed by atoms with Crippen LogP contribution in [0.5, 0.6) is 11.9 Å². The Morgan fingerprint density at radius 2 is 1.86 bits per heavy atom. The number of hydrogen-bond donors (Lipinski definition) is 2. The lowest BCUT2D eigenvalue weighted by molar-refractivity contribution is -0.00505. The number of rotatable bonds is 9. The Balaban J connectivity index is 1.16. The van der Waals surface area contributed by atoms with E-state index in [1.54, 1.807) is 7.11 Å².